The van der Waals surface area contributed by atoms with Crippen molar-refractivity contribution in [3.05, 3.63) is 50.7 Å². The molecule has 0 radical (unpaired) electrons. The van der Waals surface area contributed by atoms with Gasteiger partial charge in [-0.05, 0) is 23.8 Å². The second kappa shape index (κ2) is 6.32. The smallest absolute Gasteiger partial charge is 0.254 e. The molecule has 1 aliphatic rings. The summed E-state index contributed by atoms with van der Waals surface area (Å²) in [7, 11) is 0. The fourth-order valence-electron chi connectivity index (χ4n) is 1.41. The third kappa shape index (κ3) is 3.65. The molecule has 1 saturated heterocycles. The summed E-state index contributed by atoms with van der Waals surface area (Å²) in [6.45, 7) is 0. The van der Waals surface area contributed by atoms with Crippen molar-refractivity contribution in [3.8, 4) is 0 Å². The Balaban J connectivity index is 2.16. The second-order valence-electron chi connectivity index (χ2n) is 3.68. The van der Waals surface area contributed by atoms with E-state index in [0.717, 1.165) is 10.6 Å². The number of hydrogen-bond donors (Lipinski definition) is 1. The van der Waals surface area contributed by atoms with Gasteiger partial charge in [0.1, 0.15) is 5.57 Å². The van der Waals surface area contributed by atoms with Gasteiger partial charge in [0, 0.05) is 10.1 Å². The van der Waals surface area contributed by atoms with Crippen LogP contribution in [0, 0.1) is 0 Å². The SMILES string of the molecule is NC(=O)C(C(=O)/C=C/c1ccc(Cl)cc1)=C1SCS1. The van der Waals surface area contributed by atoms with Crippen LogP contribution >= 0.6 is 35.1 Å². The zero-order valence-electron chi connectivity index (χ0n) is 9.76. The van der Waals surface area contributed by atoms with Gasteiger partial charge in [0.2, 0.25) is 0 Å². The van der Waals surface area contributed by atoms with Gasteiger partial charge >= 0.3 is 0 Å². The van der Waals surface area contributed by atoms with Crippen LogP contribution in [0.5, 0.6) is 0 Å². The first-order valence-electron chi connectivity index (χ1n) is 5.35. The molecule has 1 aromatic carbocycles. The third-order valence-corrected chi connectivity index (χ3v) is 5.21. The quantitative estimate of drug-likeness (QED) is 0.527. The molecule has 19 heavy (non-hydrogen) atoms. The number of allylic oxidation sites excluding steroid dienone is 1. The molecule has 2 rings (SSSR count). The van der Waals surface area contributed by atoms with Gasteiger partial charge in [0.15, 0.2) is 5.78 Å². The van der Waals surface area contributed by atoms with Crippen molar-refractivity contribution in [1.29, 1.82) is 0 Å². The Bertz CT molecular complexity index is 573. The van der Waals surface area contributed by atoms with Crippen molar-refractivity contribution in [2.45, 2.75) is 0 Å². The van der Waals surface area contributed by atoms with Crippen LogP contribution in [0.4, 0.5) is 0 Å². The minimum atomic E-state index is -0.680. The van der Waals surface area contributed by atoms with Crippen molar-refractivity contribution in [2.24, 2.45) is 5.73 Å². The number of thioether (sulfide) groups is 2. The maximum absolute atomic E-state index is 12.0. The molecule has 1 aromatic rings. The molecule has 0 aliphatic carbocycles. The molecule has 2 N–H and O–H groups in total. The van der Waals surface area contributed by atoms with E-state index in [1.165, 1.54) is 29.6 Å². The lowest BCUT2D eigenvalue weighted by atomic mass is 10.1. The number of ketones is 1. The first kappa shape index (κ1) is 14.2. The summed E-state index contributed by atoms with van der Waals surface area (Å²) in [5.74, 6) is -1.04. The van der Waals surface area contributed by atoms with Gasteiger partial charge in [-0.25, -0.2) is 0 Å². The van der Waals surface area contributed by atoms with E-state index < -0.39 is 5.91 Å². The van der Waals surface area contributed by atoms with Gasteiger partial charge in [-0.2, -0.15) is 0 Å². The van der Waals surface area contributed by atoms with Gasteiger partial charge in [-0.1, -0.05) is 29.8 Å². The van der Waals surface area contributed by atoms with Crippen LogP contribution in [-0.4, -0.2) is 16.8 Å². The van der Waals surface area contributed by atoms with Crippen LogP contribution in [-0.2, 0) is 9.59 Å². The van der Waals surface area contributed by atoms with E-state index >= 15 is 0 Å². The van der Waals surface area contributed by atoms with Gasteiger partial charge in [0.05, 0.1) is 4.24 Å². The Labute approximate surface area is 124 Å². The summed E-state index contributed by atoms with van der Waals surface area (Å²) < 4.78 is 0.707. The van der Waals surface area contributed by atoms with Crippen LogP contribution in [0.3, 0.4) is 0 Å². The highest BCUT2D eigenvalue weighted by molar-refractivity contribution is 8.37. The summed E-state index contributed by atoms with van der Waals surface area (Å²) in [5.41, 5.74) is 6.15. The van der Waals surface area contributed by atoms with E-state index in [2.05, 4.69) is 0 Å². The molecule has 6 heteroatoms. The molecule has 0 saturated carbocycles. The zero-order valence-corrected chi connectivity index (χ0v) is 12.1. The molecule has 0 bridgehead atoms. The normalized spacial score (nSPS) is 14.3. The molecule has 1 heterocycles. The third-order valence-electron chi connectivity index (χ3n) is 2.37. The first-order chi connectivity index (χ1) is 9.08. The molecular formula is C13H10ClNO2S2. The predicted octanol–water partition coefficient (Wildman–Crippen LogP) is 3.06. The van der Waals surface area contributed by atoms with Crippen molar-refractivity contribution >= 4 is 52.9 Å². The molecule has 0 unspecified atom stereocenters. The maximum Gasteiger partial charge on any atom is 0.254 e. The molecule has 0 atom stereocenters. The number of nitrogens with two attached hydrogens (primary N) is 1. The minimum absolute atomic E-state index is 0.0754. The Morgan fingerprint density at radius 3 is 2.32 bits per heavy atom. The lowest BCUT2D eigenvalue weighted by Crippen LogP contribution is -2.21. The van der Waals surface area contributed by atoms with Gasteiger partial charge in [-0.15, -0.1) is 23.5 Å². The summed E-state index contributed by atoms with van der Waals surface area (Å²) >= 11 is 8.70. The fraction of sp³-hybridized carbons (Fsp3) is 0.0769. The number of primary amides is 1. The van der Waals surface area contributed by atoms with E-state index in [9.17, 15) is 9.59 Å². The standard InChI is InChI=1S/C13H10ClNO2S2/c14-9-4-1-8(2-5-9)3-6-10(16)11(12(15)17)13-18-7-19-13/h1-6H,7H2,(H2,15,17)/b6-3+. The average molecular weight is 312 g/mol. The van der Waals surface area contributed by atoms with E-state index in [1.54, 1.807) is 30.3 Å². The fourth-order valence-corrected chi connectivity index (χ4v) is 3.17. The zero-order chi connectivity index (χ0) is 13.8. The highest BCUT2D eigenvalue weighted by Crippen LogP contribution is 2.45. The topological polar surface area (TPSA) is 60.2 Å². The highest BCUT2D eigenvalue weighted by atomic mass is 35.5. The molecule has 98 valence electrons. The van der Waals surface area contributed by atoms with E-state index in [0.29, 0.717) is 9.26 Å². The Morgan fingerprint density at radius 1 is 1.21 bits per heavy atom. The highest BCUT2D eigenvalue weighted by Gasteiger charge is 2.24. The van der Waals surface area contributed by atoms with E-state index in [1.807, 2.05) is 0 Å². The van der Waals surface area contributed by atoms with Crippen LogP contribution < -0.4 is 5.73 Å². The molecule has 1 aliphatic heterocycles. The number of rotatable bonds is 4. The van der Waals surface area contributed by atoms with Gasteiger partial charge in [0.25, 0.3) is 5.91 Å². The molecule has 0 spiro atoms. The van der Waals surface area contributed by atoms with Crippen molar-refractivity contribution in [3.63, 3.8) is 0 Å². The van der Waals surface area contributed by atoms with E-state index in [-0.39, 0.29) is 11.4 Å². The Hall–Kier alpha value is -1.17. The Morgan fingerprint density at radius 2 is 1.84 bits per heavy atom. The number of carbonyl (C=O) groups excluding carboxylic acids is 2. The largest absolute Gasteiger partial charge is 0.365 e. The number of carbonyl (C=O) groups is 2. The predicted molar refractivity (Wildman–Crippen MR) is 81.8 cm³/mol. The lowest BCUT2D eigenvalue weighted by Gasteiger charge is -2.17. The summed E-state index contributed by atoms with van der Waals surface area (Å²) in [6, 6.07) is 7.04. The minimum Gasteiger partial charge on any atom is -0.365 e. The number of benzene rings is 1. The Kier molecular flexibility index (Phi) is 4.74. The van der Waals surface area contributed by atoms with Gasteiger partial charge < -0.3 is 5.73 Å². The van der Waals surface area contributed by atoms with Crippen LogP contribution in [0.15, 0.2) is 40.2 Å². The number of amides is 1. The molecule has 0 aromatic heterocycles. The van der Waals surface area contributed by atoms with Gasteiger partial charge in [-0.3, -0.25) is 9.59 Å². The summed E-state index contributed by atoms with van der Waals surface area (Å²) in [6.07, 6.45) is 2.99. The average Bonchev–Trinajstić information content (AvgIpc) is 2.32. The van der Waals surface area contributed by atoms with Crippen molar-refractivity contribution in [1.82, 2.24) is 0 Å². The molecule has 3 nitrogen and oxygen atoms in total. The summed E-state index contributed by atoms with van der Waals surface area (Å²) in [5, 5.41) is 1.48. The molecular weight excluding hydrogens is 302 g/mol. The van der Waals surface area contributed by atoms with Crippen molar-refractivity contribution < 1.29 is 9.59 Å². The lowest BCUT2D eigenvalue weighted by molar-refractivity contribution is -0.118. The van der Waals surface area contributed by atoms with Crippen LogP contribution in [0.1, 0.15) is 5.56 Å². The second-order valence-corrected chi connectivity index (χ2v) is 6.71. The van der Waals surface area contributed by atoms with Crippen molar-refractivity contribution in [2.75, 3.05) is 5.08 Å². The number of halogens is 1. The number of hydrogen-bond acceptors (Lipinski definition) is 4. The van der Waals surface area contributed by atoms with E-state index in [4.69, 9.17) is 17.3 Å². The maximum atomic E-state index is 12.0. The van der Waals surface area contributed by atoms with Crippen LogP contribution in [0.25, 0.3) is 6.08 Å². The molecule has 1 fully saturated rings. The summed E-state index contributed by atoms with van der Waals surface area (Å²) in [4.78, 5) is 23.3. The van der Waals surface area contributed by atoms with Crippen LogP contribution in [0.2, 0.25) is 5.02 Å². The monoisotopic (exact) mass is 311 g/mol. The first-order valence-corrected chi connectivity index (χ1v) is 7.70. The molecule has 1 amide bonds.